The molecule has 76 valence electrons. The molecule has 1 aromatic rings. The van der Waals surface area contributed by atoms with Crippen molar-refractivity contribution in [1.29, 1.82) is 0 Å². The highest BCUT2D eigenvalue weighted by Crippen LogP contribution is 2.38. The SMILES string of the molecule is CNCC1CCOc2c(Cl)cccc21. The lowest BCUT2D eigenvalue weighted by molar-refractivity contribution is 0.266. The van der Waals surface area contributed by atoms with Gasteiger partial charge in [-0.1, -0.05) is 23.7 Å². The van der Waals surface area contributed by atoms with Gasteiger partial charge in [-0.2, -0.15) is 0 Å². The molecule has 14 heavy (non-hydrogen) atoms. The summed E-state index contributed by atoms with van der Waals surface area (Å²) in [6.45, 7) is 1.75. The maximum absolute atomic E-state index is 6.06. The van der Waals surface area contributed by atoms with Crippen LogP contribution in [0, 0.1) is 0 Å². The van der Waals surface area contributed by atoms with Crippen LogP contribution in [0.5, 0.6) is 5.75 Å². The molecule has 3 heteroatoms. The van der Waals surface area contributed by atoms with Crippen molar-refractivity contribution in [3.8, 4) is 5.75 Å². The molecule has 2 nitrogen and oxygen atoms in total. The van der Waals surface area contributed by atoms with Crippen LogP contribution in [-0.2, 0) is 0 Å². The molecule has 0 spiro atoms. The van der Waals surface area contributed by atoms with Crippen molar-refractivity contribution in [3.05, 3.63) is 28.8 Å². The first-order valence-corrected chi connectivity index (χ1v) is 5.26. The summed E-state index contributed by atoms with van der Waals surface area (Å²) >= 11 is 6.06. The summed E-state index contributed by atoms with van der Waals surface area (Å²) in [5.41, 5.74) is 1.23. The summed E-state index contributed by atoms with van der Waals surface area (Å²) in [6.07, 6.45) is 1.06. The van der Waals surface area contributed by atoms with E-state index in [1.54, 1.807) is 0 Å². The van der Waals surface area contributed by atoms with Gasteiger partial charge in [0.05, 0.1) is 11.6 Å². The first-order valence-electron chi connectivity index (χ1n) is 4.88. The van der Waals surface area contributed by atoms with E-state index < -0.39 is 0 Å². The third-order valence-corrected chi connectivity index (χ3v) is 2.90. The van der Waals surface area contributed by atoms with Gasteiger partial charge in [-0.25, -0.2) is 0 Å². The van der Waals surface area contributed by atoms with Gasteiger partial charge in [0.25, 0.3) is 0 Å². The Morgan fingerprint density at radius 3 is 3.21 bits per heavy atom. The Hall–Kier alpha value is -0.730. The van der Waals surface area contributed by atoms with Gasteiger partial charge in [0, 0.05) is 18.0 Å². The predicted octanol–water partition coefficient (Wildman–Crippen LogP) is 2.43. The molecule has 0 saturated carbocycles. The molecule has 0 radical (unpaired) electrons. The largest absolute Gasteiger partial charge is 0.492 e. The van der Waals surface area contributed by atoms with Crippen molar-refractivity contribution in [3.63, 3.8) is 0 Å². The summed E-state index contributed by atoms with van der Waals surface area (Å²) in [5, 5.41) is 3.92. The molecular formula is C11H14ClNO. The van der Waals surface area contributed by atoms with Crippen molar-refractivity contribution >= 4 is 11.6 Å². The molecule has 0 saturated heterocycles. The molecular weight excluding hydrogens is 198 g/mol. The number of para-hydroxylation sites is 1. The average Bonchev–Trinajstić information content (AvgIpc) is 2.20. The van der Waals surface area contributed by atoms with Gasteiger partial charge < -0.3 is 10.1 Å². The molecule has 0 bridgehead atoms. The molecule has 1 heterocycles. The molecule has 1 unspecified atom stereocenters. The fourth-order valence-corrected chi connectivity index (χ4v) is 2.15. The van der Waals surface area contributed by atoms with E-state index >= 15 is 0 Å². The minimum absolute atomic E-state index is 0.530. The first-order chi connectivity index (χ1) is 6.83. The normalized spacial score (nSPS) is 20.0. The molecule has 0 amide bonds. The molecule has 1 atom stereocenters. The van der Waals surface area contributed by atoms with Crippen molar-refractivity contribution in [2.75, 3.05) is 20.2 Å². The Bertz CT molecular complexity index is 327. The predicted molar refractivity (Wildman–Crippen MR) is 58.2 cm³/mol. The topological polar surface area (TPSA) is 21.3 Å². The number of halogens is 1. The summed E-state index contributed by atoms with van der Waals surface area (Å²) in [7, 11) is 1.97. The number of fused-ring (bicyclic) bond motifs is 1. The Morgan fingerprint density at radius 2 is 2.43 bits per heavy atom. The van der Waals surface area contributed by atoms with Crippen LogP contribution in [0.4, 0.5) is 0 Å². The molecule has 0 aliphatic carbocycles. The smallest absolute Gasteiger partial charge is 0.141 e. The van der Waals surface area contributed by atoms with Crippen LogP contribution >= 0.6 is 11.6 Å². The fraction of sp³-hybridized carbons (Fsp3) is 0.455. The van der Waals surface area contributed by atoms with E-state index in [9.17, 15) is 0 Å². The Balaban J connectivity index is 2.34. The first kappa shape index (κ1) is 9.81. The van der Waals surface area contributed by atoms with Crippen molar-refractivity contribution in [2.45, 2.75) is 12.3 Å². The van der Waals surface area contributed by atoms with Gasteiger partial charge in [-0.05, 0) is 19.5 Å². The quantitative estimate of drug-likeness (QED) is 0.812. The van der Waals surface area contributed by atoms with E-state index in [0.717, 1.165) is 30.3 Å². The molecule has 1 N–H and O–H groups in total. The number of likely N-dealkylation sites (N-methyl/N-ethyl adjacent to an activating group) is 1. The van der Waals surface area contributed by atoms with Crippen LogP contribution in [0.15, 0.2) is 18.2 Å². The molecule has 1 aromatic carbocycles. The van der Waals surface area contributed by atoms with Gasteiger partial charge in [-0.15, -0.1) is 0 Å². The summed E-state index contributed by atoms with van der Waals surface area (Å²) < 4.78 is 5.57. The zero-order valence-corrected chi connectivity index (χ0v) is 8.97. The zero-order valence-electron chi connectivity index (χ0n) is 8.22. The summed E-state index contributed by atoms with van der Waals surface area (Å²) in [5.74, 6) is 1.41. The molecule has 1 aliphatic rings. The second-order valence-corrected chi connectivity index (χ2v) is 3.96. The lowest BCUT2D eigenvalue weighted by Crippen LogP contribution is -2.23. The highest BCUT2D eigenvalue weighted by Gasteiger charge is 2.22. The second kappa shape index (κ2) is 4.20. The van der Waals surface area contributed by atoms with Gasteiger partial charge in [0.15, 0.2) is 0 Å². The second-order valence-electron chi connectivity index (χ2n) is 3.55. The van der Waals surface area contributed by atoms with E-state index in [-0.39, 0.29) is 0 Å². The maximum Gasteiger partial charge on any atom is 0.141 e. The standard InChI is InChI=1S/C11H14ClNO/c1-13-7-8-5-6-14-11-9(8)3-2-4-10(11)12/h2-4,8,13H,5-7H2,1H3. The number of benzene rings is 1. The number of ether oxygens (including phenoxy) is 1. The number of hydrogen-bond donors (Lipinski definition) is 1. The number of rotatable bonds is 2. The highest BCUT2D eigenvalue weighted by molar-refractivity contribution is 6.32. The van der Waals surface area contributed by atoms with Crippen LogP contribution in [0.2, 0.25) is 5.02 Å². The van der Waals surface area contributed by atoms with Crippen molar-refractivity contribution in [2.24, 2.45) is 0 Å². The van der Waals surface area contributed by atoms with Crippen molar-refractivity contribution in [1.82, 2.24) is 5.32 Å². The lowest BCUT2D eigenvalue weighted by atomic mass is 9.93. The van der Waals surface area contributed by atoms with Crippen LogP contribution in [-0.4, -0.2) is 20.2 Å². The van der Waals surface area contributed by atoms with E-state index in [4.69, 9.17) is 16.3 Å². The molecule has 0 aromatic heterocycles. The van der Waals surface area contributed by atoms with Gasteiger partial charge in [-0.3, -0.25) is 0 Å². The number of hydrogen-bond acceptors (Lipinski definition) is 2. The Kier molecular flexibility index (Phi) is 2.94. The third-order valence-electron chi connectivity index (χ3n) is 2.60. The van der Waals surface area contributed by atoms with Crippen LogP contribution < -0.4 is 10.1 Å². The fourth-order valence-electron chi connectivity index (χ4n) is 1.92. The Labute approximate surface area is 89.2 Å². The molecule has 0 fully saturated rings. The Morgan fingerprint density at radius 1 is 1.57 bits per heavy atom. The minimum Gasteiger partial charge on any atom is -0.492 e. The van der Waals surface area contributed by atoms with Crippen LogP contribution in [0.25, 0.3) is 0 Å². The van der Waals surface area contributed by atoms with Crippen LogP contribution in [0.3, 0.4) is 0 Å². The van der Waals surface area contributed by atoms with E-state index in [2.05, 4.69) is 11.4 Å². The minimum atomic E-state index is 0.530. The van der Waals surface area contributed by atoms with E-state index in [1.807, 2.05) is 19.2 Å². The lowest BCUT2D eigenvalue weighted by Gasteiger charge is -2.26. The van der Waals surface area contributed by atoms with E-state index in [0.29, 0.717) is 5.92 Å². The van der Waals surface area contributed by atoms with Gasteiger partial charge in [0.2, 0.25) is 0 Å². The van der Waals surface area contributed by atoms with Gasteiger partial charge >= 0.3 is 0 Å². The zero-order chi connectivity index (χ0) is 9.97. The highest BCUT2D eigenvalue weighted by atomic mass is 35.5. The monoisotopic (exact) mass is 211 g/mol. The summed E-state index contributed by atoms with van der Waals surface area (Å²) in [6, 6.07) is 5.96. The maximum atomic E-state index is 6.06. The molecule has 2 rings (SSSR count). The molecule has 1 aliphatic heterocycles. The van der Waals surface area contributed by atoms with Gasteiger partial charge in [0.1, 0.15) is 5.75 Å². The van der Waals surface area contributed by atoms with Crippen LogP contribution in [0.1, 0.15) is 17.9 Å². The third kappa shape index (κ3) is 1.72. The van der Waals surface area contributed by atoms with E-state index in [1.165, 1.54) is 5.56 Å². The number of nitrogens with one attached hydrogen (secondary N) is 1. The average molecular weight is 212 g/mol. The summed E-state index contributed by atoms with van der Waals surface area (Å²) in [4.78, 5) is 0. The van der Waals surface area contributed by atoms with Crippen molar-refractivity contribution < 1.29 is 4.74 Å².